The van der Waals surface area contributed by atoms with Crippen molar-refractivity contribution in [3.05, 3.63) is 88.9 Å². The highest BCUT2D eigenvalue weighted by molar-refractivity contribution is 7.89. The molecule has 1 aliphatic rings. The van der Waals surface area contributed by atoms with Crippen LogP contribution in [0.15, 0.2) is 77.7 Å². The summed E-state index contributed by atoms with van der Waals surface area (Å²) >= 11 is 7.55. The Labute approximate surface area is 220 Å². The average Bonchev–Trinajstić information content (AvgIpc) is 3.30. The number of carbonyl (C=O) groups is 1. The van der Waals surface area contributed by atoms with Crippen LogP contribution in [-0.4, -0.2) is 36.7 Å². The van der Waals surface area contributed by atoms with Crippen LogP contribution in [0.3, 0.4) is 0 Å². The molecule has 0 bridgehead atoms. The first-order chi connectivity index (χ1) is 17.3. The van der Waals surface area contributed by atoms with Crippen molar-refractivity contribution in [3.63, 3.8) is 0 Å². The minimum Gasteiger partial charge on any atom is -0.279 e. The van der Waals surface area contributed by atoms with Crippen molar-refractivity contribution in [1.29, 1.82) is 0 Å². The minimum absolute atomic E-state index is 0.206. The van der Waals surface area contributed by atoms with E-state index in [4.69, 9.17) is 11.6 Å². The van der Waals surface area contributed by atoms with E-state index in [1.165, 1.54) is 23.5 Å². The predicted octanol–water partition coefficient (Wildman–Crippen LogP) is 6.22. The number of amides is 1. The molecule has 1 unspecified atom stereocenters. The lowest BCUT2D eigenvalue weighted by molar-refractivity contribution is 0.0985. The first-order valence-electron chi connectivity index (χ1n) is 11.8. The number of anilines is 1. The molecule has 9 heteroatoms. The first kappa shape index (κ1) is 24.9. The van der Waals surface area contributed by atoms with Crippen LogP contribution in [0, 0.1) is 5.92 Å². The predicted molar refractivity (Wildman–Crippen MR) is 145 cm³/mol. The summed E-state index contributed by atoms with van der Waals surface area (Å²) < 4.78 is 28.7. The number of fused-ring (bicyclic) bond motifs is 1. The zero-order valence-corrected chi connectivity index (χ0v) is 22.2. The van der Waals surface area contributed by atoms with Gasteiger partial charge in [0.2, 0.25) is 10.0 Å². The number of rotatable bonds is 6. The molecule has 4 aromatic rings. The van der Waals surface area contributed by atoms with Crippen LogP contribution in [0.4, 0.5) is 5.13 Å². The summed E-state index contributed by atoms with van der Waals surface area (Å²) in [6.07, 6.45) is 1.90. The van der Waals surface area contributed by atoms with Gasteiger partial charge in [-0.2, -0.15) is 4.31 Å². The summed E-state index contributed by atoms with van der Waals surface area (Å²) in [5.74, 6) is 0.0872. The lowest BCUT2D eigenvalue weighted by Gasteiger charge is -2.30. The Morgan fingerprint density at radius 2 is 1.86 bits per heavy atom. The Hall–Kier alpha value is -2.78. The molecule has 1 amide bonds. The molecule has 3 aromatic carbocycles. The summed E-state index contributed by atoms with van der Waals surface area (Å²) in [7, 11) is -3.59. The highest BCUT2D eigenvalue weighted by atomic mass is 35.5. The number of halogens is 1. The monoisotopic (exact) mass is 539 g/mol. The Balaban J connectivity index is 1.46. The quantitative estimate of drug-likeness (QED) is 0.292. The SMILES string of the molecule is CC1CCCN(S(=O)(=O)c2ccc(C(=O)N(Cc3ccccc3)c3nc4ccc(Cl)cc4s3)cc2)C1. The number of hydrogen-bond donors (Lipinski definition) is 0. The number of nitrogens with zero attached hydrogens (tertiary/aromatic N) is 3. The van der Waals surface area contributed by atoms with Crippen LogP contribution < -0.4 is 4.90 Å². The number of hydrogen-bond acceptors (Lipinski definition) is 5. The third-order valence-corrected chi connectivity index (χ3v) is 9.51. The van der Waals surface area contributed by atoms with Gasteiger partial charge in [0.05, 0.1) is 21.7 Å². The molecule has 5 rings (SSSR count). The van der Waals surface area contributed by atoms with Crippen LogP contribution in [0.2, 0.25) is 5.02 Å². The molecule has 2 heterocycles. The molecule has 0 spiro atoms. The zero-order valence-electron chi connectivity index (χ0n) is 19.8. The maximum atomic E-state index is 13.7. The standard InChI is InChI=1S/C27H26ClN3O3S2/c1-19-6-5-15-30(17-19)36(33,34)23-12-9-21(10-13-23)26(32)31(18-20-7-3-2-4-8-20)27-29-24-14-11-22(28)16-25(24)35-27/h2-4,7-14,16,19H,5-6,15,17-18H2,1H3. The van der Waals surface area contributed by atoms with E-state index in [2.05, 4.69) is 11.9 Å². The van der Waals surface area contributed by atoms with Crippen molar-refractivity contribution in [2.75, 3.05) is 18.0 Å². The third kappa shape index (κ3) is 5.18. The van der Waals surface area contributed by atoms with Crippen molar-refractivity contribution < 1.29 is 13.2 Å². The largest absolute Gasteiger partial charge is 0.279 e. The molecular formula is C27H26ClN3O3S2. The van der Waals surface area contributed by atoms with Crippen molar-refractivity contribution in [2.24, 2.45) is 5.92 Å². The maximum Gasteiger partial charge on any atom is 0.260 e. The van der Waals surface area contributed by atoms with Gasteiger partial charge in [0.1, 0.15) is 0 Å². The fraction of sp³-hybridized carbons (Fsp3) is 0.259. The Bertz CT molecular complexity index is 1490. The van der Waals surface area contributed by atoms with Gasteiger partial charge in [0.15, 0.2) is 5.13 Å². The van der Waals surface area contributed by atoms with E-state index in [-0.39, 0.29) is 10.8 Å². The van der Waals surface area contributed by atoms with E-state index in [1.807, 2.05) is 42.5 Å². The lowest BCUT2D eigenvalue weighted by atomic mass is 10.0. The Kier molecular flexibility index (Phi) is 7.12. The van der Waals surface area contributed by atoms with E-state index in [0.29, 0.717) is 41.3 Å². The maximum absolute atomic E-state index is 13.7. The fourth-order valence-electron chi connectivity index (χ4n) is 4.43. The molecule has 0 aliphatic carbocycles. The highest BCUT2D eigenvalue weighted by Gasteiger charge is 2.29. The van der Waals surface area contributed by atoms with Gasteiger partial charge in [0.25, 0.3) is 5.91 Å². The Morgan fingerprint density at radius 1 is 1.11 bits per heavy atom. The number of carbonyl (C=O) groups excluding carboxylic acids is 1. The van der Waals surface area contributed by atoms with Crippen LogP contribution in [0.1, 0.15) is 35.7 Å². The number of piperidine rings is 1. The first-order valence-corrected chi connectivity index (χ1v) is 14.5. The zero-order chi connectivity index (χ0) is 25.3. The van der Waals surface area contributed by atoms with Crippen LogP contribution >= 0.6 is 22.9 Å². The second-order valence-electron chi connectivity index (χ2n) is 9.12. The second kappa shape index (κ2) is 10.3. The molecule has 0 N–H and O–H groups in total. The second-order valence-corrected chi connectivity index (χ2v) is 12.5. The fourth-order valence-corrected chi connectivity index (χ4v) is 7.27. The van der Waals surface area contributed by atoms with Gasteiger partial charge in [-0.3, -0.25) is 9.69 Å². The summed E-state index contributed by atoms with van der Waals surface area (Å²) in [6, 6.07) is 21.4. The molecule has 1 fully saturated rings. The molecule has 1 aliphatic heterocycles. The number of benzene rings is 3. The van der Waals surface area contributed by atoms with E-state index in [0.717, 1.165) is 28.6 Å². The summed E-state index contributed by atoms with van der Waals surface area (Å²) in [6.45, 7) is 3.45. The molecule has 0 radical (unpaired) electrons. The van der Waals surface area contributed by atoms with E-state index < -0.39 is 10.0 Å². The number of aromatic nitrogens is 1. The molecule has 1 saturated heterocycles. The molecule has 36 heavy (non-hydrogen) atoms. The minimum atomic E-state index is -3.59. The van der Waals surface area contributed by atoms with Crippen LogP contribution in [0.5, 0.6) is 0 Å². The van der Waals surface area contributed by atoms with E-state index in [9.17, 15) is 13.2 Å². The van der Waals surface area contributed by atoms with E-state index in [1.54, 1.807) is 27.4 Å². The van der Waals surface area contributed by atoms with Gasteiger partial charge >= 0.3 is 0 Å². The number of sulfonamides is 1. The average molecular weight is 540 g/mol. The van der Waals surface area contributed by atoms with Crippen LogP contribution in [-0.2, 0) is 16.6 Å². The van der Waals surface area contributed by atoms with Gasteiger partial charge in [-0.05, 0) is 66.8 Å². The molecule has 1 aromatic heterocycles. The summed E-state index contributed by atoms with van der Waals surface area (Å²) in [5, 5.41) is 1.17. The molecule has 1 atom stereocenters. The normalized spacial score (nSPS) is 16.8. The van der Waals surface area contributed by atoms with Crippen molar-refractivity contribution >= 4 is 54.2 Å². The van der Waals surface area contributed by atoms with Gasteiger partial charge in [-0.25, -0.2) is 13.4 Å². The van der Waals surface area contributed by atoms with Gasteiger partial charge in [0, 0.05) is 23.7 Å². The van der Waals surface area contributed by atoms with Crippen LogP contribution in [0.25, 0.3) is 10.2 Å². The van der Waals surface area contributed by atoms with Gasteiger partial charge < -0.3 is 0 Å². The summed E-state index contributed by atoms with van der Waals surface area (Å²) in [4.78, 5) is 20.2. The van der Waals surface area contributed by atoms with Gasteiger partial charge in [-0.15, -0.1) is 0 Å². The van der Waals surface area contributed by atoms with Crippen molar-refractivity contribution in [2.45, 2.75) is 31.2 Å². The number of thiazole rings is 1. The summed E-state index contributed by atoms with van der Waals surface area (Å²) in [5.41, 5.74) is 2.12. The highest BCUT2D eigenvalue weighted by Crippen LogP contribution is 2.33. The molecule has 186 valence electrons. The molecule has 6 nitrogen and oxygen atoms in total. The lowest BCUT2D eigenvalue weighted by Crippen LogP contribution is -2.39. The smallest absolute Gasteiger partial charge is 0.260 e. The Morgan fingerprint density at radius 3 is 2.58 bits per heavy atom. The molecular weight excluding hydrogens is 514 g/mol. The third-order valence-electron chi connectivity index (χ3n) is 6.36. The van der Waals surface area contributed by atoms with Crippen molar-refractivity contribution in [3.8, 4) is 0 Å². The topological polar surface area (TPSA) is 70.6 Å². The van der Waals surface area contributed by atoms with E-state index >= 15 is 0 Å². The molecule has 0 saturated carbocycles. The van der Waals surface area contributed by atoms with Gasteiger partial charge in [-0.1, -0.05) is 60.2 Å². The van der Waals surface area contributed by atoms with Crippen molar-refractivity contribution in [1.82, 2.24) is 9.29 Å².